The summed E-state index contributed by atoms with van der Waals surface area (Å²) in [6.45, 7) is 1.67. The number of piperidine rings is 1. The number of carbonyl (C=O) groups is 2. The molecule has 5 N–H and O–H groups in total. The highest BCUT2D eigenvalue weighted by Crippen LogP contribution is 2.36. The summed E-state index contributed by atoms with van der Waals surface area (Å²) in [6.07, 6.45) is 3.30. The second-order valence-corrected chi connectivity index (χ2v) is 7.22. The number of fused-ring (bicyclic) bond motifs is 3. The molecule has 0 unspecified atom stereocenters. The Labute approximate surface area is 161 Å². The third kappa shape index (κ3) is 3.16. The van der Waals surface area contributed by atoms with Crippen LogP contribution in [0.1, 0.15) is 23.2 Å². The summed E-state index contributed by atoms with van der Waals surface area (Å²) in [6, 6.07) is 7.83. The zero-order valence-electron chi connectivity index (χ0n) is 15.4. The van der Waals surface area contributed by atoms with Crippen LogP contribution in [-0.2, 0) is 4.79 Å². The minimum absolute atomic E-state index is 0.0269. The van der Waals surface area contributed by atoms with Gasteiger partial charge in [-0.1, -0.05) is 18.2 Å². The third-order valence-electron chi connectivity index (χ3n) is 5.49. The molecule has 0 spiro atoms. The maximum atomic E-state index is 11.9. The van der Waals surface area contributed by atoms with Gasteiger partial charge in [-0.2, -0.15) is 0 Å². The number of H-pyrrole nitrogens is 1. The van der Waals surface area contributed by atoms with Gasteiger partial charge < -0.3 is 26.0 Å². The van der Waals surface area contributed by atoms with Crippen LogP contribution in [0, 0.1) is 5.92 Å². The van der Waals surface area contributed by atoms with Gasteiger partial charge in [-0.15, -0.1) is 0 Å². The fraction of sp³-hybridized carbons (Fsp3) is 0.350. The highest BCUT2D eigenvalue weighted by Gasteiger charge is 2.28. The number of benzene rings is 1. The largest absolute Gasteiger partial charge is 0.391 e. The summed E-state index contributed by atoms with van der Waals surface area (Å²) in [5.41, 5.74) is 7.52. The Morgan fingerprint density at radius 3 is 3.07 bits per heavy atom. The first-order valence-electron chi connectivity index (χ1n) is 9.39. The van der Waals surface area contributed by atoms with Crippen LogP contribution < -0.4 is 16.0 Å². The van der Waals surface area contributed by atoms with Crippen molar-refractivity contribution in [2.75, 3.05) is 24.5 Å². The van der Waals surface area contributed by atoms with Crippen molar-refractivity contribution in [1.29, 1.82) is 0 Å². The lowest BCUT2D eigenvalue weighted by molar-refractivity contribution is -0.110. The molecular weight excluding hydrogens is 358 g/mol. The van der Waals surface area contributed by atoms with E-state index in [9.17, 15) is 14.7 Å². The number of nitrogens with one attached hydrogen (secondary N) is 2. The first-order valence-corrected chi connectivity index (χ1v) is 9.39. The first-order chi connectivity index (χ1) is 13.6. The number of para-hydroxylation sites is 1. The molecule has 146 valence electrons. The number of nitrogens with two attached hydrogens (primary N) is 1. The Hall–Kier alpha value is -3.13. The van der Waals surface area contributed by atoms with Gasteiger partial charge in [0.1, 0.15) is 5.82 Å². The van der Waals surface area contributed by atoms with Gasteiger partial charge in [0.05, 0.1) is 22.6 Å². The van der Waals surface area contributed by atoms with Crippen molar-refractivity contribution in [3.05, 3.63) is 36.0 Å². The predicted octanol–water partition coefficient (Wildman–Crippen LogP) is 1.14. The Morgan fingerprint density at radius 1 is 1.46 bits per heavy atom. The summed E-state index contributed by atoms with van der Waals surface area (Å²) in [7, 11) is 0. The van der Waals surface area contributed by atoms with E-state index in [1.807, 2.05) is 24.3 Å². The lowest BCUT2D eigenvalue weighted by atomic mass is 9.92. The highest BCUT2D eigenvalue weighted by molar-refractivity contribution is 6.18. The average Bonchev–Trinajstić information content (AvgIpc) is 3.10. The van der Waals surface area contributed by atoms with Crippen LogP contribution in [0.5, 0.6) is 0 Å². The molecule has 1 aromatic carbocycles. The number of aromatic amines is 1. The quantitative estimate of drug-likeness (QED) is 0.477. The number of carbonyl (C=O) groups excluding carboxylic acids is 2. The predicted molar refractivity (Wildman–Crippen MR) is 107 cm³/mol. The smallest absolute Gasteiger partial charge is 0.252 e. The summed E-state index contributed by atoms with van der Waals surface area (Å²) in [4.78, 5) is 32.5. The molecule has 28 heavy (non-hydrogen) atoms. The summed E-state index contributed by atoms with van der Waals surface area (Å²) in [5.74, 6) is 0.277. The first kappa shape index (κ1) is 18.2. The molecule has 2 atom stereocenters. The number of aliphatic hydroxyl groups is 1. The maximum Gasteiger partial charge on any atom is 0.252 e. The SMILES string of the molecule is NC(=O)c1cnc(N2CCC[C@H]([C@@H](O)CNC=O)C2)c2c1[nH]c1ccccc12. The van der Waals surface area contributed by atoms with Crippen molar-refractivity contribution < 1.29 is 14.7 Å². The summed E-state index contributed by atoms with van der Waals surface area (Å²) < 4.78 is 0. The molecule has 1 saturated heterocycles. The average molecular weight is 381 g/mol. The normalized spacial score (nSPS) is 18.3. The standard InChI is InChI=1S/C20H23N5O3/c21-19(28)14-8-23-20(17-13-5-1-2-6-15(13)24-18(14)17)25-7-3-4-12(10-25)16(27)9-22-11-26/h1-2,5-6,8,11-12,16,24,27H,3-4,7,9-10H2,(H2,21,28)(H,22,26)/t12-,16-/m0/s1. The van der Waals surface area contributed by atoms with Crippen molar-refractivity contribution in [3.63, 3.8) is 0 Å². The lowest BCUT2D eigenvalue weighted by Gasteiger charge is -2.36. The number of hydrogen-bond donors (Lipinski definition) is 4. The van der Waals surface area contributed by atoms with Crippen LogP contribution in [-0.4, -0.2) is 53.1 Å². The van der Waals surface area contributed by atoms with Crippen LogP contribution in [0.25, 0.3) is 21.8 Å². The fourth-order valence-electron chi connectivity index (χ4n) is 4.11. The fourth-order valence-corrected chi connectivity index (χ4v) is 4.11. The number of rotatable bonds is 6. The minimum Gasteiger partial charge on any atom is -0.391 e. The van der Waals surface area contributed by atoms with Crippen LogP contribution in [0.3, 0.4) is 0 Å². The number of hydrogen-bond acceptors (Lipinski definition) is 5. The van der Waals surface area contributed by atoms with Gasteiger partial charge >= 0.3 is 0 Å². The molecule has 0 radical (unpaired) electrons. The van der Waals surface area contributed by atoms with Gasteiger partial charge in [0.15, 0.2) is 0 Å². The number of nitrogens with zero attached hydrogens (tertiary/aromatic N) is 2. The zero-order chi connectivity index (χ0) is 19.7. The van der Waals surface area contributed by atoms with Crippen LogP contribution in [0.4, 0.5) is 5.82 Å². The zero-order valence-corrected chi connectivity index (χ0v) is 15.4. The van der Waals surface area contributed by atoms with Crippen molar-refractivity contribution in [3.8, 4) is 0 Å². The van der Waals surface area contributed by atoms with Crippen LogP contribution in [0.2, 0.25) is 0 Å². The summed E-state index contributed by atoms with van der Waals surface area (Å²) in [5, 5.41) is 14.8. The van der Waals surface area contributed by atoms with Gasteiger partial charge in [-0.05, 0) is 18.9 Å². The van der Waals surface area contributed by atoms with Crippen LogP contribution in [0.15, 0.2) is 30.5 Å². The highest BCUT2D eigenvalue weighted by atomic mass is 16.3. The van der Waals surface area contributed by atoms with Crippen molar-refractivity contribution in [1.82, 2.24) is 15.3 Å². The van der Waals surface area contributed by atoms with E-state index in [4.69, 9.17) is 5.73 Å². The van der Waals surface area contributed by atoms with E-state index in [1.54, 1.807) is 0 Å². The van der Waals surface area contributed by atoms with E-state index >= 15 is 0 Å². The molecule has 8 nitrogen and oxygen atoms in total. The molecular formula is C20H23N5O3. The Balaban J connectivity index is 1.77. The van der Waals surface area contributed by atoms with E-state index in [-0.39, 0.29) is 12.5 Å². The third-order valence-corrected chi connectivity index (χ3v) is 5.49. The molecule has 1 aliphatic heterocycles. The van der Waals surface area contributed by atoms with E-state index in [0.29, 0.717) is 24.0 Å². The molecule has 0 saturated carbocycles. The second kappa shape index (κ2) is 7.47. The summed E-state index contributed by atoms with van der Waals surface area (Å²) >= 11 is 0. The van der Waals surface area contributed by atoms with Crippen molar-refractivity contribution in [2.45, 2.75) is 18.9 Å². The van der Waals surface area contributed by atoms with Gasteiger partial charge in [0.2, 0.25) is 6.41 Å². The second-order valence-electron chi connectivity index (χ2n) is 7.22. The molecule has 2 amide bonds. The Kier molecular flexibility index (Phi) is 4.87. The number of aromatic nitrogens is 2. The molecule has 0 bridgehead atoms. The molecule has 1 aliphatic rings. The van der Waals surface area contributed by atoms with E-state index in [2.05, 4.69) is 20.2 Å². The molecule has 1 fully saturated rings. The van der Waals surface area contributed by atoms with Gasteiger partial charge in [0.25, 0.3) is 5.91 Å². The van der Waals surface area contributed by atoms with Crippen LogP contribution >= 0.6 is 0 Å². The Morgan fingerprint density at radius 2 is 2.29 bits per heavy atom. The number of anilines is 1. The topological polar surface area (TPSA) is 124 Å². The Bertz CT molecular complexity index is 1030. The monoisotopic (exact) mass is 381 g/mol. The van der Waals surface area contributed by atoms with Gasteiger partial charge in [0, 0.05) is 42.7 Å². The van der Waals surface area contributed by atoms with E-state index < -0.39 is 12.0 Å². The number of pyridine rings is 1. The van der Waals surface area contributed by atoms with E-state index in [1.165, 1.54) is 6.20 Å². The number of primary amides is 1. The lowest BCUT2D eigenvalue weighted by Crippen LogP contribution is -2.44. The van der Waals surface area contributed by atoms with Gasteiger partial charge in [-0.25, -0.2) is 4.98 Å². The van der Waals surface area contributed by atoms with E-state index in [0.717, 1.165) is 41.5 Å². The molecule has 4 rings (SSSR count). The molecule has 2 aromatic heterocycles. The number of amides is 2. The molecule has 8 heteroatoms. The molecule has 3 aromatic rings. The van der Waals surface area contributed by atoms with Crippen molar-refractivity contribution in [2.24, 2.45) is 11.7 Å². The molecule has 0 aliphatic carbocycles. The van der Waals surface area contributed by atoms with Gasteiger partial charge in [-0.3, -0.25) is 9.59 Å². The number of aliphatic hydroxyl groups excluding tert-OH is 1. The minimum atomic E-state index is -0.614. The van der Waals surface area contributed by atoms with Crippen molar-refractivity contribution >= 4 is 39.9 Å². The molecule has 3 heterocycles. The maximum absolute atomic E-state index is 11.9.